The van der Waals surface area contributed by atoms with Crippen LogP contribution in [0.1, 0.15) is 44.9 Å². The topological polar surface area (TPSA) is 113 Å². The SMILES string of the molecule is NCC1(CC(=O)NC(CCO)C(=O)O)CCCCC1. The molecule has 19 heavy (non-hydrogen) atoms. The lowest BCUT2D eigenvalue weighted by Crippen LogP contribution is -2.45. The van der Waals surface area contributed by atoms with Crippen LogP contribution >= 0.6 is 0 Å². The van der Waals surface area contributed by atoms with E-state index in [2.05, 4.69) is 5.32 Å². The summed E-state index contributed by atoms with van der Waals surface area (Å²) in [5.41, 5.74) is 5.62. The standard InChI is InChI=1S/C13H24N2O4/c14-9-13(5-2-1-3-6-13)8-11(17)15-10(4-7-16)12(18)19/h10,16H,1-9,14H2,(H,15,17)(H,18,19). The molecule has 5 N–H and O–H groups in total. The van der Waals surface area contributed by atoms with E-state index in [0.717, 1.165) is 25.7 Å². The number of aliphatic hydroxyl groups is 1. The maximum Gasteiger partial charge on any atom is 0.326 e. The second-order valence-electron chi connectivity index (χ2n) is 5.41. The molecular formula is C13H24N2O4. The van der Waals surface area contributed by atoms with Crippen molar-refractivity contribution < 1.29 is 19.8 Å². The number of carbonyl (C=O) groups excluding carboxylic acids is 1. The van der Waals surface area contributed by atoms with E-state index in [0.29, 0.717) is 6.54 Å². The monoisotopic (exact) mass is 272 g/mol. The average Bonchev–Trinajstić information content (AvgIpc) is 2.39. The molecule has 1 unspecified atom stereocenters. The van der Waals surface area contributed by atoms with Crippen LogP contribution in [0.2, 0.25) is 0 Å². The van der Waals surface area contributed by atoms with Crippen LogP contribution in [0.5, 0.6) is 0 Å². The lowest BCUT2D eigenvalue weighted by molar-refractivity contribution is -0.142. The summed E-state index contributed by atoms with van der Waals surface area (Å²) in [6, 6.07) is -1.02. The molecule has 0 aliphatic heterocycles. The molecule has 1 fully saturated rings. The Morgan fingerprint density at radius 2 is 1.89 bits per heavy atom. The molecule has 110 valence electrons. The van der Waals surface area contributed by atoms with Crippen molar-refractivity contribution in [3.63, 3.8) is 0 Å². The normalized spacial score (nSPS) is 19.7. The molecule has 6 nitrogen and oxygen atoms in total. The molecule has 0 aromatic rings. The zero-order valence-corrected chi connectivity index (χ0v) is 11.2. The number of nitrogens with one attached hydrogen (secondary N) is 1. The summed E-state index contributed by atoms with van der Waals surface area (Å²) in [7, 11) is 0. The van der Waals surface area contributed by atoms with Crippen molar-refractivity contribution in [2.75, 3.05) is 13.2 Å². The summed E-state index contributed by atoms with van der Waals surface area (Å²) < 4.78 is 0. The van der Waals surface area contributed by atoms with E-state index in [1.165, 1.54) is 6.42 Å². The number of nitrogens with two attached hydrogens (primary N) is 1. The summed E-state index contributed by atoms with van der Waals surface area (Å²) in [5.74, 6) is -1.40. The van der Waals surface area contributed by atoms with Gasteiger partial charge in [0.25, 0.3) is 0 Å². The fourth-order valence-electron chi connectivity index (χ4n) is 2.73. The Kier molecular flexibility index (Phi) is 6.24. The Balaban J connectivity index is 2.54. The Bertz CT molecular complexity index is 314. The van der Waals surface area contributed by atoms with E-state index in [-0.39, 0.29) is 30.8 Å². The van der Waals surface area contributed by atoms with E-state index in [1.807, 2.05) is 0 Å². The molecule has 1 amide bonds. The van der Waals surface area contributed by atoms with Gasteiger partial charge in [-0.25, -0.2) is 4.79 Å². The van der Waals surface area contributed by atoms with E-state index in [4.69, 9.17) is 15.9 Å². The third kappa shape index (κ3) is 4.80. The number of carbonyl (C=O) groups is 2. The molecule has 0 saturated heterocycles. The summed E-state index contributed by atoms with van der Waals surface area (Å²) in [5, 5.41) is 20.2. The smallest absolute Gasteiger partial charge is 0.326 e. The van der Waals surface area contributed by atoms with Crippen LogP contribution in [-0.2, 0) is 9.59 Å². The Hall–Kier alpha value is -1.14. The summed E-state index contributed by atoms with van der Waals surface area (Å²) >= 11 is 0. The van der Waals surface area contributed by atoms with Gasteiger partial charge in [0.05, 0.1) is 0 Å². The number of aliphatic carboxylic acids is 1. The van der Waals surface area contributed by atoms with Crippen molar-refractivity contribution in [2.45, 2.75) is 51.0 Å². The number of hydrogen-bond acceptors (Lipinski definition) is 4. The van der Waals surface area contributed by atoms with Gasteiger partial charge in [-0.1, -0.05) is 19.3 Å². The summed E-state index contributed by atoms with van der Waals surface area (Å²) in [6.45, 7) is 0.192. The first-order chi connectivity index (χ1) is 9.03. The number of amides is 1. The van der Waals surface area contributed by atoms with Crippen LogP contribution < -0.4 is 11.1 Å². The Labute approximate surface area is 113 Å². The second-order valence-corrected chi connectivity index (χ2v) is 5.41. The molecule has 0 radical (unpaired) electrons. The highest BCUT2D eigenvalue weighted by molar-refractivity contribution is 5.83. The van der Waals surface area contributed by atoms with Crippen molar-refractivity contribution in [1.82, 2.24) is 5.32 Å². The lowest BCUT2D eigenvalue weighted by Gasteiger charge is -2.35. The molecule has 0 aromatic heterocycles. The number of carboxylic acid groups (broad SMARTS) is 1. The van der Waals surface area contributed by atoms with Crippen LogP contribution in [0.3, 0.4) is 0 Å². The molecule has 1 saturated carbocycles. The minimum Gasteiger partial charge on any atom is -0.480 e. The zero-order valence-electron chi connectivity index (χ0n) is 11.2. The molecule has 0 aromatic carbocycles. The highest BCUT2D eigenvalue weighted by Gasteiger charge is 2.33. The fourth-order valence-corrected chi connectivity index (χ4v) is 2.73. The maximum atomic E-state index is 12.0. The number of carboxylic acids is 1. The van der Waals surface area contributed by atoms with Gasteiger partial charge >= 0.3 is 5.97 Å². The molecular weight excluding hydrogens is 248 g/mol. The first kappa shape index (κ1) is 15.9. The van der Waals surface area contributed by atoms with Crippen LogP contribution in [0.25, 0.3) is 0 Å². The van der Waals surface area contributed by atoms with Gasteiger partial charge in [0.15, 0.2) is 0 Å². The van der Waals surface area contributed by atoms with Crippen LogP contribution in [0.15, 0.2) is 0 Å². The van der Waals surface area contributed by atoms with E-state index in [9.17, 15) is 9.59 Å². The van der Waals surface area contributed by atoms with E-state index >= 15 is 0 Å². The van der Waals surface area contributed by atoms with Crippen LogP contribution in [-0.4, -0.2) is 41.3 Å². The zero-order chi connectivity index (χ0) is 14.3. The van der Waals surface area contributed by atoms with Gasteiger partial charge in [0.2, 0.25) is 5.91 Å². The van der Waals surface area contributed by atoms with Gasteiger partial charge in [0.1, 0.15) is 6.04 Å². The summed E-state index contributed by atoms with van der Waals surface area (Å²) in [4.78, 5) is 22.9. The van der Waals surface area contributed by atoms with Crippen molar-refractivity contribution in [2.24, 2.45) is 11.1 Å². The molecule has 0 heterocycles. The summed E-state index contributed by atoms with van der Waals surface area (Å²) in [6.07, 6.45) is 5.47. The minimum atomic E-state index is -1.12. The van der Waals surface area contributed by atoms with Crippen molar-refractivity contribution in [1.29, 1.82) is 0 Å². The van der Waals surface area contributed by atoms with Crippen LogP contribution in [0, 0.1) is 5.41 Å². The molecule has 6 heteroatoms. The lowest BCUT2D eigenvalue weighted by atomic mass is 9.71. The van der Waals surface area contributed by atoms with Crippen LogP contribution in [0.4, 0.5) is 0 Å². The molecule has 1 atom stereocenters. The first-order valence-electron chi connectivity index (χ1n) is 6.86. The molecule has 0 bridgehead atoms. The average molecular weight is 272 g/mol. The highest BCUT2D eigenvalue weighted by Crippen LogP contribution is 2.38. The van der Waals surface area contributed by atoms with E-state index in [1.54, 1.807) is 0 Å². The van der Waals surface area contributed by atoms with Crippen molar-refractivity contribution in [3.05, 3.63) is 0 Å². The Morgan fingerprint density at radius 3 is 2.37 bits per heavy atom. The molecule has 1 aliphatic rings. The molecule has 1 rings (SSSR count). The molecule has 1 aliphatic carbocycles. The van der Waals surface area contributed by atoms with Gasteiger partial charge in [-0.05, 0) is 24.8 Å². The molecule has 0 spiro atoms. The fraction of sp³-hybridized carbons (Fsp3) is 0.846. The van der Waals surface area contributed by atoms with Crippen molar-refractivity contribution in [3.8, 4) is 0 Å². The predicted octanol–water partition coefficient (Wildman–Crippen LogP) is 0.238. The maximum absolute atomic E-state index is 12.0. The minimum absolute atomic E-state index is 0.0245. The van der Waals surface area contributed by atoms with Gasteiger partial charge in [-0.2, -0.15) is 0 Å². The largest absolute Gasteiger partial charge is 0.480 e. The third-order valence-corrected chi connectivity index (χ3v) is 3.93. The number of aliphatic hydroxyl groups excluding tert-OH is 1. The van der Waals surface area contributed by atoms with Gasteiger partial charge < -0.3 is 21.3 Å². The first-order valence-corrected chi connectivity index (χ1v) is 6.86. The van der Waals surface area contributed by atoms with Crippen molar-refractivity contribution >= 4 is 11.9 Å². The third-order valence-electron chi connectivity index (χ3n) is 3.93. The Morgan fingerprint density at radius 1 is 1.26 bits per heavy atom. The second kappa shape index (κ2) is 7.45. The highest BCUT2D eigenvalue weighted by atomic mass is 16.4. The van der Waals surface area contributed by atoms with E-state index < -0.39 is 12.0 Å². The number of hydrogen-bond donors (Lipinski definition) is 4. The van der Waals surface area contributed by atoms with Gasteiger partial charge in [-0.15, -0.1) is 0 Å². The quantitative estimate of drug-likeness (QED) is 0.530. The predicted molar refractivity (Wildman–Crippen MR) is 70.5 cm³/mol. The van der Waals surface area contributed by atoms with Gasteiger partial charge in [-0.3, -0.25) is 4.79 Å². The number of rotatable bonds is 7. The van der Waals surface area contributed by atoms with Gasteiger partial charge in [0, 0.05) is 19.4 Å².